The van der Waals surface area contributed by atoms with Gasteiger partial charge in [0.25, 0.3) is 0 Å². The van der Waals surface area contributed by atoms with Crippen LogP contribution >= 0.6 is 0 Å². The fraction of sp³-hybridized carbons (Fsp3) is 0.889. The zero-order chi connectivity index (χ0) is 11.1. The van der Waals surface area contributed by atoms with Gasteiger partial charge >= 0.3 is 6.03 Å². The first-order valence-electron chi connectivity index (χ1n) is 4.98. The van der Waals surface area contributed by atoms with Gasteiger partial charge in [-0.25, -0.2) is 4.79 Å². The molecule has 2 rings (SSSR count). The first-order valence-corrected chi connectivity index (χ1v) is 4.98. The first-order chi connectivity index (χ1) is 6.98. The molecule has 0 radical (unpaired) electrons. The normalized spacial score (nSPS) is 37.6. The number of carbonyl (C=O) groups is 1. The summed E-state index contributed by atoms with van der Waals surface area (Å²) in [5.41, 5.74) is 4.98. The van der Waals surface area contributed by atoms with Gasteiger partial charge in [-0.1, -0.05) is 0 Å². The van der Waals surface area contributed by atoms with E-state index in [0.29, 0.717) is 13.2 Å². The Morgan fingerprint density at radius 2 is 2.27 bits per heavy atom. The predicted octanol–water partition coefficient (Wildman–Crippen LogP) is -0.426. The van der Waals surface area contributed by atoms with Crippen LogP contribution in [0.15, 0.2) is 0 Å². The standard InChI is InChI=1S/C9H16N2O4/c1-9(2)14-6-4-13-5(7(6)15-9)3-11-8(10)12/h5-7H,3-4H2,1-2H3,(H3,10,11,12)/t5-,6+,7+/m1/s1. The van der Waals surface area contributed by atoms with E-state index in [9.17, 15) is 4.79 Å². The molecule has 15 heavy (non-hydrogen) atoms. The van der Waals surface area contributed by atoms with Gasteiger partial charge in [-0.3, -0.25) is 0 Å². The molecule has 2 amide bonds. The second-order valence-electron chi connectivity index (χ2n) is 4.26. The number of hydrogen-bond acceptors (Lipinski definition) is 4. The molecule has 0 aromatic heterocycles. The molecule has 6 heteroatoms. The molecule has 2 fully saturated rings. The summed E-state index contributed by atoms with van der Waals surface area (Å²) in [5, 5.41) is 2.51. The smallest absolute Gasteiger partial charge is 0.312 e. The SMILES string of the molecule is CC1(C)O[C@@H]2[C@H](CO[C@@H]2CNC(N)=O)O1. The molecule has 86 valence electrons. The Labute approximate surface area is 88.0 Å². The van der Waals surface area contributed by atoms with E-state index in [0.717, 1.165) is 0 Å². The monoisotopic (exact) mass is 216 g/mol. The summed E-state index contributed by atoms with van der Waals surface area (Å²) in [7, 11) is 0. The highest BCUT2D eigenvalue weighted by Crippen LogP contribution is 2.34. The molecule has 0 saturated carbocycles. The zero-order valence-corrected chi connectivity index (χ0v) is 8.86. The van der Waals surface area contributed by atoms with Crippen LogP contribution in [0.4, 0.5) is 4.79 Å². The van der Waals surface area contributed by atoms with Crippen molar-refractivity contribution in [3.05, 3.63) is 0 Å². The summed E-state index contributed by atoms with van der Waals surface area (Å²) in [6.45, 7) is 4.59. The minimum Gasteiger partial charge on any atom is -0.371 e. The molecule has 2 aliphatic heterocycles. The van der Waals surface area contributed by atoms with Crippen molar-refractivity contribution < 1.29 is 19.0 Å². The molecule has 0 unspecified atom stereocenters. The number of fused-ring (bicyclic) bond motifs is 1. The summed E-state index contributed by atoms with van der Waals surface area (Å²) >= 11 is 0. The van der Waals surface area contributed by atoms with Gasteiger partial charge in [0.2, 0.25) is 0 Å². The van der Waals surface area contributed by atoms with Gasteiger partial charge in [0.05, 0.1) is 6.61 Å². The molecule has 0 bridgehead atoms. The number of nitrogens with two attached hydrogens (primary N) is 1. The third-order valence-electron chi connectivity index (χ3n) is 2.54. The quantitative estimate of drug-likeness (QED) is 0.656. The van der Waals surface area contributed by atoms with Gasteiger partial charge in [-0.05, 0) is 13.8 Å². The maximum Gasteiger partial charge on any atom is 0.312 e. The lowest BCUT2D eigenvalue weighted by Crippen LogP contribution is -2.41. The number of nitrogens with one attached hydrogen (secondary N) is 1. The molecule has 0 aromatic rings. The number of urea groups is 1. The largest absolute Gasteiger partial charge is 0.371 e. The van der Waals surface area contributed by atoms with Crippen molar-refractivity contribution in [1.82, 2.24) is 5.32 Å². The topological polar surface area (TPSA) is 82.8 Å². The minimum atomic E-state index is -0.565. The average molecular weight is 216 g/mol. The summed E-state index contributed by atoms with van der Waals surface area (Å²) < 4.78 is 16.7. The lowest BCUT2D eigenvalue weighted by Gasteiger charge is -2.21. The van der Waals surface area contributed by atoms with E-state index in [1.54, 1.807) is 0 Å². The van der Waals surface area contributed by atoms with Crippen LogP contribution < -0.4 is 11.1 Å². The second-order valence-corrected chi connectivity index (χ2v) is 4.26. The molecule has 3 atom stereocenters. The van der Waals surface area contributed by atoms with Crippen molar-refractivity contribution in [2.24, 2.45) is 5.73 Å². The fourth-order valence-electron chi connectivity index (χ4n) is 2.00. The first kappa shape index (κ1) is 10.7. The van der Waals surface area contributed by atoms with E-state index in [1.165, 1.54) is 0 Å². The van der Waals surface area contributed by atoms with Gasteiger partial charge < -0.3 is 25.3 Å². The van der Waals surface area contributed by atoms with Crippen LogP contribution in [0.2, 0.25) is 0 Å². The molecule has 6 nitrogen and oxygen atoms in total. The van der Waals surface area contributed by atoms with Crippen molar-refractivity contribution in [2.75, 3.05) is 13.2 Å². The van der Waals surface area contributed by atoms with Crippen LogP contribution in [0.25, 0.3) is 0 Å². The van der Waals surface area contributed by atoms with E-state index in [4.69, 9.17) is 19.9 Å². The van der Waals surface area contributed by atoms with Crippen LogP contribution in [0.3, 0.4) is 0 Å². The van der Waals surface area contributed by atoms with Crippen molar-refractivity contribution >= 4 is 6.03 Å². The van der Waals surface area contributed by atoms with Crippen molar-refractivity contribution in [3.63, 3.8) is 0 Å². The Morgan fingerprint density at radius 3 is 2.93 bits per heavy atom. The number of hydrogen-bond donors (Lipinski definition) is 2. The van der Waals surface area contributed by atoms with Crippen LogP contribution in [0.5, 0.6) is 0 Å². The van der Waals surface area contributed by atoms with Gasteiger partial charge in [0.15, 0.2) is 5.79 Å². The Balaban J connectivity index is 1.91. The van der Waals surface area contributed by atoms with Gasteiger partial charge in [-0.2, -0.15) is 0 Å². The molecule has 2 aliphatic rings. The molecule has 2 heterocycles. The van der Waals surface area contributed by atoms with Crippen LogP contribution in [-0.4, -0.2) is 43.3 Å². The van der Waals surface area contributed by atoms with E-state index in [1.807, 2.05) is 13.8 Å². The maximum atomic E-state index is 10.6. The van der Waals surface area contributed by atoms with E-state index < -0.39 is 11.8 Å². The molecular formula is C9H16N2O4. The Bertz CT molecular complexity index is 269. The predicted molar refractivity (Wildman–Crippen MR) is 51.2 cm³/mol. The number of ether oxygens (including phenoxy) is 3. The van der Waals surface area contributed by atoms with Crippen LogP contribution in [0, 0.1) is 0 Å². The Hall–Kier alpha value is -0.850. The molecule has 3 N–H and O–H groups in total. The maximum absolute atomic E-state index is 10.6. The summed E-state index contributed by atoms with van der Waals surface area (Å²) in [6.07, 6.45) is -0.337. The van der Waals surface area contributed by atoms with E-state index in [-0.39, 0.29) is 18.3 Å². The number of rotatable bonds is 2. The lowest BCUT2D eigenvalue weighted by molar-refractivity contribution is -0.174. The van der Waals surface area contributed by atoms with E-state index in [2.05, 4.69) is 5.32 Å². The molecule has 0 aliphatic carbocycles. The van der Waals surface area contributed by atoms with Crippen molar-refractivity contribution in [2.45, 2.75) is 37.9 Å². The Morgan fingerprint density at radius 1 is 1.53 bits per heavy atom. The molecule has 0 spiro atoms. The number of primary amides is 1. The highest BCUT2D eigenvalue weighted by molar-refractivity contribution is 5.71. The van der Waals surface area contributed by atoms with Gasteiger partial charge in [0.1, 0.15) is 18.3 Å². The summed E-state index contributed by atoms with van der Waals surface area (Å²) in [4.78, 5) is 10.6. The van der Waals surface area contributed by atoms with Crippen LogP contribution in [-0.2, 0) is 14.2 Å². The van der Waals surface area contributed by atoms with Gasteiger partial charge in [-0.15, -0.1) is 0 Å². The third kappa shape index (κ3) is 2.22. The third-order valence-corrected chi connectivity index (χ3v) is 2.54. The summed E-state index contributed by atoms with van der Waals surface area (Å²) in [6, 6.07) is -0.555. The number of carbonyl (C=O) groups excluding carboxylic acids is 1. The molecule has 2 saturated heterocycles. The average Bonchev–Trinajstić information content (AvgIpc) is 2.56. The fourth-order valence-corrected chi connectivity index (χ4v) is 2.00. The molecule has 0 aromatic carbocycles. The Kier molecular flexibility index (Phi) is 2.57. The number of amides is 2. The zero-order valence-electron chi connectivity index (χ0n) is 8.86. The van der Waals surface area contributed by atoms with E-state index >= 15 is 0 Å². The second kappa shape index (κ2) is 3.62. The highest BCUT2D eigenvalue weighted by atomic mass is 16.8. The van der Waals surface area contributed by atoms with Crippen molar-refractivity contribution in [1.29, 1.82) is 0 Å². The van der Waals surface area contributed by atoms with Crippen molar-refractivity contribution in [3.8, 4) is 0 Å². The lowest BCUT2D eigenvalue weighted by atomic mass is 10.1. The summed E-state index contributed by atoms with van der Waals surface area (Å²) in [5.74, 6) is -0.565. The molecular weight excluding hydrogens is 200 g/mol. The highest BCUT2D eigenvalue weighted by Gasteiger charge is 2.49. The van der Waals surface area contributed by atoms with Crippen LogP contribution in [0.1, 0.15) is 13.8 Å². The minimum absolute atomic E-state index is 0.0420. The van der Waals surface area contributed by atoms with Gasteiger partial charge in [0, 0.05) is 6.54 Å².